The average Bonchev–Trinajstić information content (AvgIpc) is 2.84. The van der Waals surface area contributed by atoms with E-state index in [0.29, 0.717) is 6.04 Å². The molecule has 17 heavy (non-hydrogen) atoms. The molecule has 5 heteroatoms. The topological polar surface area (TPSA) is 24.4 Å². The van der Waals surface area contributed by atoms with Crippen LogP contribution in [-0.4, -0.2) is 17.0 Å². The van der Waals surface area contributed by atoms with Crippen LogP contribution in [0, 0.1) is 5.92 Å². The Labute approximate surface area is 119 Å². The van der Waals surface area contributed by atoms with Crippen molar-refractivity contribution in [3.8, 4) is 0 Å². The van der Waals surface area contributed by atoms with Crippen LogP contribution in [0.1, 0.15) is 25.1 Å². The Hall–Kier alpha value is -0.0000000000000000555. The van der Waals surface area contributed by atoms with Gasteiger partial charge in [-0.1, -0.05) is 25.6 Å². The van der Waals surface area contributed by atoms with Crippen molar-refractivity contribution in [2.24, 2.45) is 10.9 Å². The predicted molar refractivity (Wildman–Crippen MR) is 82.0 cm³/mol. The second kappa shape index (κ2) is 6.25. The lowest BCUT2D eigenvalue weighted by Crippen LogP contribution is -2.28. The fourth-order valence-corrected chi connectivity index (χ4v) is 4.19. The first-order chi connectivity index (χ1) is 8.15. The lowest BCUT2D eigenvalue weighted by molar-refractivity contribution is 0.502. The molecular weight excluding hydrogens is 316 g/mol. The van der Waals surface area contributed by atoms with E-state index >= 15 is 0 Å². The maximum atomic E-state index is 4.63. The summed E-state index contributed by atoms with van der Waals surface area (Å²) in [5.41, 5.74) is 0. The highest BCUT2D eigenvalue weighted by Crippen LogP contribution is 2.25. The number of nitrogens with zero attached hydrogens (tertiary/aromatic N) is 1. The number of hydrogen-bond donors (Lipinski definition) is 1. The van der Waals surface area contributed by atoms with Crippen LogP contribution in [0.5, 0.6) is 0 Å². The summed E-state index contributed by atoms with van der Waals surface area (Å²) in [5, 5.41) is 6.71. The molecule has 0 aromatic carbocycles. The Morgan fingerprint density at radius 1 is 1.59 bits per heavy atom. The fourth-order valence-electron chi connectivity index (χ4n) is 1.81. The molecule has 1 atom stereocenters. The van der Waals surface area contributed by atoms with Crippen molar-refractivity contribution in [3.63, 3.8) is 0 Å². The summed E-state index contributed by atoms with van der Waals surface area (Å²) in [6, 6.07) is 2.68. The van der Waals surface area contributed by atoms with Crippen LogP contribution in [0.25, 0.3) is 0 Å². The Kier molecular flexibility index (Phi) is 4.94. The summed E-state index contributed by atoms with van der Waals surface area (Å²) < 4.78 is 1.17. The van der Waals surface area contributed by atoms with E-state index in [-0.39, 0.29) is 0 Å². The van der Waals surface area contributed by atoms with Crippen molar-refractivity contribution in [2.45, 2.75) is 32.9 Å². The van der Waals surface area contributed by atoms with Gasteiger partial charge in [0.15, 0.2) is 5.17 Å². The van der Waals surface area contributed by atoms with E-state index in [4.69, 9.17) is 0 Å². The molecule has 1 aromatic rings. The highest BCUT2D eigenvalue weighted by molar-refractivity contribution is 9.10. The lowest BCUT2D eigenvalue weighted by atomic mass is 10.1. The molecule has 1 saturated heterocycles. The smallest absolute Gasteiger partial charge is 0.157 e. The molecule has 1 N–H and O–H groups in total. The second-order valence-electron chi connectivity index (χ2n) is 4.59. The summed E-state index contributed by atoms with van der Waals surface area (Å²) in [4.78, 5) is 5.93. The molecule has 2 nitrogen and oxygen atoms in total. The first kappa shape index (κ1) is 13.4. The van der Waals surface area contributed by atoms with Gasteiger partial charge < -0.3 is 5.32 Å². The normalized spacial score (nSPS) is 22.4. The Morgan fingerprint density at radius 2 is 2.41 bits per heavy atom. The molecule has 0 bridgehead atoms. The van der Waals surface area contributed by atoms with Crippen LogP contribution in [0.2, 0.25) is 0 Å². The number of aliphatic imine (C=N–C) groups is 1. The monoisotopic (exact) mass is 332 g/mol. The van der Waals surface area contributed by atoms with E-state index in [1.54, 1.807) is 11.3 Å². The number of nitrogens with one attached hydrogen (secondary N) is 1. The molecule has 1 fully saturated rings. The van der Waals surface area contributed by atoms with Gasteiger partial charge in [-0.25, -0.2) is 0 Å². The minimum absolute atomic E-state index is 0.602. The van der Waals surface area contributed by atoms with Gasteiger partial charge in [0.2, 0.25) is 0 Å². The number of thiophene rings is 1. The van der Waals surface area contributed by atoms with Gasteiger partial charge in [-0.15, -0.1) is 11.3 Å². The molecule has 1 aliphatic heterocycles. The standard InChI is InChI=1S/C12H17BrN2S2/c1-8(2)5-9-7-17-12(15-9)14-6-11-10(13)3-4-16-11/h3-4,8-9H,5-7H2,1-2H3,(H,14,15). The van der Waals surface area contributed by atoms with Gasteiger partial charge >= 0.3 is 0 Å². The van der Waals surface area contributed by atoms with Crippen LogP contribution in [0.4, 0.5) is 0 Å². The molecule has 94 valence electrons. The zero-order valence-corrected chi connectivity index (χ0v) is 13.3. The number of rotatable bonds is 4. The first-order valence-corrected chi connectivity index (χ1v) is 8.46. The van der Waals surface area contributed by atoms with E-state index in [2.05, 4.69) is 51.5 Å². The van der Waals surface area contributed by atoms with Crippen molar-refractivity contribution in [2.75, 3.05) is 5.75 Å². The first-order valence-electron chi connectivity index (χ1n) is 5.81. The molecule has 1 aromatic heterocycles. The number of thioether (sulfide) groups is 1. The fraction of sp³-hybridized carbons (Fsp3) is 0.583. The Balaban J connectivity index is 1.86. The van der Waals surface area contributed by atoms with E-state index in [1.807, 2.05) is 11.8 Å². The van der Waals surface area contributed by atoms with Gasteiger partial charge in [0.1, 0.15) is 0 Å². The molecule has 0 saturated carbocycles. The Morgan fingerprint density at radius 3 is 3.06 bits per heavy atom. The quantitative estimate of drug-likeness (QED) is 0.896. The summed E-state index contributed by atoms with van der Waals surface area (Å²) in [6.45, 7) is 5.32. The summed E-state index contributed by atoms with van der Waals surface area (Å²) in [5.74, 6) is 1.90. The van der Waals surface area contributed by atoms with Crippen LogP contribution in [0.3, 0.4) is 0 Å². The maximum absolute atomic E-state index is 4.63. The van der Waals surface area contributed by atoms with Gasteiger partial charge in [0.25, 0.3) is 0 Å². The lowest BCUT2D eigenvalue weighted by Gasteiger charge is -2.11. The van der Waals surface area contributed by atoms with Crippen LogP contribution < -0.4 is 5.32 Å². The number of halogens is 1. The van der Waals surface area contributed by atoms with Crippen molar-refractivity contribution < 1.29 is 0 Å². The maximum Gasteiger partial charge on any atom is 0.157 e. The van der Waals surface area contributed by atoms with Crippen molar-refractivity contribution >= 4 is 44.2 Å². The average molecular weight is 333 g/mol. The second-order valence-corrected chi connectivity index (χ2v) is 7.46. The molecule has 1 aliphatic rings. The molecule has 0 radical (unpaired) electrons. The molecule has 1 unspecified atom stereocenters. The zero-order chi connectivity index (χ0) is 12.3. The molecule has 2 heterocycles. The van der Waals surface area contributed by atoms with Gasteiger partial charge in [-0.05, 0) is 39.7 Å². The van der Waals surface area contributed by atoms with E-state index in [9.17, 15) is 0 Å². The van der Waals surface area contributed by atoms with Gasteiger partial charge in [0, 0.05) is 21.1 Å². The van der Waals surface area contributed by atoms with Crippen molar-refractivity contribution in [1.82, 2.24) is 5.32 Å². The van der Waals surface area contributed by atoms with E-state index in [0.717, 1.165) is 23.4 Å². The third kappa shape index (κ3) is 4.00. The van der Waals surface area contributed by atoms with Crippen molar-refractivity contribution in [3.05, 3.63) is 20.8 Å². The summed E-state index contributed by atoms with van der Waals surface area (Å²) in [7, 11) is 0. The highest BCUT2D eigenvalue weighted by Gasteiger charge is 2.20. The summed E-state index contributed by atoms with van der Waals surface area (Å²) in [6.07, 6.45) is 1.23. The highest BCUT2D eigenvalue weighted by atomic mass is 79.9. The number of amidine groups is 1. The largest absolute Gasteiger partial charge is 0.361 e. The Bertz CT molecular complexity index is 401. The number of hydrogen-bond acceptors (Lipinski definition) is 3. The molecule has 0 aliphatic carbocycles. The molecular formula is C12H17BrN2S2. The van der Waals surface area contributed by atoms with Crippen molar-refractivity contribution in [1.29, 1.82) is 0 Å². The van der Waals surface area contributed by atoms with E-state index in [1.165, 1.54) is 15.8 Å². The zero-order valence-electron chi connectivity index (χ0n) is 10.1. The SMILES string of the molecule is CC(C)CC1CSC(=NCc2sccc2Br)N1. The van der Waals surface area contributed by atoms with Crippen LogP contribution in [-0.2, 0) is 6.54 Å². The van der Waals surface area contributed by atoms with Crippen LogP contribution in [0.15, 0.2) is 20.9 Å². The van der Waals surface area contributed by atoms with E-state index < -0.39 is 0 Å². The molecule has 2 rings (SSSR count). The predicted octanol–water partition coefficient (Wildman–Crippen LogP) is 4.12. The summed E-state index contributed by atoms with van der Waals surface area (Å²) >= 11 is 7.14. The van der Waals surface area contributed by atoms with Gasteiger partial charge in [-0.2, -0.15) is 0 Å². The molecule has 0 amide bonds. The third-order valence-corrected chi connectivity index (χ3v) is 5.56. The minimum Gasteiger partial charge on any atom is -0.361 e. The third-order valence-electron chi connectivity index (χ3n) is 2.56. The van der Waals surface area contributed by atoms with Crippen LogP contribution >= 0.6 is 39.0 Å². The molecule has 0 spiro atoms. The van der Waals surface area contributed by atoms with Gasteiger partial charge in [0.05, 0.1) is 6.54 Å². The minimum atomic E-state index is 0.602. The van der Waals surface area contributed by atoms with Gasteiger partial charge in [-0.3, -0.25) is 4.99 Å².